The zero-order chi connectivity index (χ0) is 21.3. The van der Waals surface area contributed by atoms with Crippen molar-refractivity contribution in [1.82, 2.24) is 9.80 Å². The molecule has 1 aromatic rings. The maximum absolute atomic E-state index is 12.8. The molecule has 0 bridgehead atoms. The lowest BCUT2D eigenvalue weighted by Gasteiger charge is -2.22. The fourth-order valence-corrected chi connectivity index (χ4v) is 3.48. The molecule has 0 unspecified atom stereocenters. The van der Waals surface area contributed by atoms with E-state index < -0.39 is 6.16 Å². The Balaban J connectivity index is 1.55. The molecule has 1 aromatic carbocycles. The second-order valence-electron chi connectivity index (χ2n) is 7.20. The average molecular weight is 416 g/mol. The van der Waals surface area contributed by atoms with Gasteiger partial charge in [-0.1, -0.05) is 5.57 Å². The van der Waals surface area contributed by atoms with Crippen LogP contribution in [0.1, 0.15) is 36.5 Å². The van der Waals surface area contributed by atoms with Crippen molar-refractivity contribution in [1.29, 1.82) is 0 Å². The first kappa shape index (κ1) is 21.8. The quantitative estimate of drug-likeness (QED) is 0.426. The van der Waals surface area contributed by atoms with E-state index in [1.165, 1.54) is 0 Å². The van der Waals surface area contributed by atoms with Crippen LogP contribution in [-0.2, 0) is 14.3 Å². The van der Waals surface area contributed by atoms with Gasteiger partial charge >= 0.3 is 6.16 Å². The van der Waals surface area contributed by atoms with Gasteiger partial charge in [-0.25, -0.2) is 4.79 Å². The number of amides is 2. The number of carbonyl (C=O) groups is 3. The first-order valence-electron chi connectivity index (χ1n) is 10.4. The minimum Gasteiger partial charge on any atom is -0.434 e. The Morgan fingerprint density at radius 1 is 1.00 bits per heavy atom. The highest BCUT2D eigenvalue weighted by Gasteiger charge is 2.22. The molecule has 0 radical (unpaired) electrons. The van der Waals surface area contributed by atoms with Crippen LogP contribution in [0.25, 0.3) is 0 Å². The number of benzene rings is 1. The summed E-state index contributed by atoms with van der Waals surface area (Å²) in [5.41, 5.74) is 1.64. The molecule has 3 rings (SSSR count). The molecule has 2 amide bonds. The lowest BCUT2D eigenvalue weighted by Crippen LogP contribution is -2.37. The van der Waals surface area contributed by atoms with Crippen molar-refractivity contribution in [2.45, 2.75) is 26.2 Å². The van der Waals surface area contributed by atoms with E-state index in [1.54, 1.807) is 42.2 Å². The third kappa shape index (κ3) is 6.06. The molecule has 8 nitrogen and oxygen atoms in total. The average Bonchev–Trinajstić information content (AvgIpc) is 3.01. The Labute approximate surface area is 176 Å². The summed E-state index contributed by atoms with van der Waals surface area (Å²) in [4.78, 5) is 40.4. The van der Waals surface area contributed by atoms with E-state index in [9.17, 15) is 14.4 Å². The zero-order valence-electron chi connectivity index (χ0n) is 17.3. The van der Waals surface area contributed by atoms with Gasteiger partial charge in [-0.3, -0.25) is 9.59 Å². The van der Waals surface area contributed by atoms with E-state index in [0.29, 0.717) is 50.7 Å². The summed E-state index contributed by atoms with van der Waals surface area (Å²) in [5, 5.41) is 0. The first-order valence-corrected chi connectivity index (χ1v) is 10.4. The first-order chi connectivity index (χ1) is 14.6. The SMILES string of the molecule is CCOC(=O)Oc1ccc(C(=O)N2CCCN(C(=O)C=C3CCOCC3)CC2)cc1. The van der Waals surface area contributed by atoms with Crippen molar-refractivity contribution in [2.75, 3.05) is 46.0 Å². The third-order valence-electron chi connectivity index (χ3n) is 5.12. The topological polar surface area (TPSA) is 85.4 Å². The predicted octanol–water partition coefficient (Wildman–Crippen LogP) is 2.63. The van der Waals surface area contributed by atoms with Gasteiger partial charge < -0.3 is 24.0 Å². The van der Waals surface area contributed by atoms with Crippen molar-refractivity contribution in [3.63, 3.8) is 0 Å². The molecule has 2 fully saturated rings. The molecule has 2 heterocycles. The predicted molar refractivity (Wildman–Crippen MR) is 109 cm³/mol. The smallest absolute Gasteiger partial charge is 0.434 e. The van der Waals surface area contributed by atoms with Gasteiger partial charge in [-0.15, -0.1) is 0 Å². The molecule has 0 aromatic heterocycles. The maximum Gasteiger partial charge on any atom is 0.513 e. The molecule has 2 aliphatic rings. The lowest BCUT2D eigenvalue weighted by molar-refractivity contribution is -0.126. The van der Waals surface area contributed by atoms with E-state index in [4.69, 9.17) is 14.2 Å². The van der Waals surface area contributed by atoms with Crippen molar-refractivity contribution >= 4 is 18.0 Å². The molecule has 2 aliphatic heterocycles. The van der Waals surface area contributed by atoms with Crippen LogP contribution >= 0.6 is 0 Å². The normalized spacial score (nSPS) is 17.2. The number of carbonyl (C=O) groups excluding carboxylic acids is 3. The minimum atomic E-state index is -0.774. The van der Waals surface area contributed by atoms with Gasteiger partial charge in [0, 0.05) is 37.8 Å². The minimum absolute atomic E-state index is 0.0154. The van der Waals surface area contributed by atoms with Crippen LogP contribution in [0.4, 0.5) is 4.79 Å². The van der Waals surface area contributed by atoms with E-state index in [0.717, 1.165) is 24.8 Å². The largest absolute Gasteiger partial charge is 0.513 e. The van der Waals surface area contributed by atoms with Gasteiger partial charge in [0.15, 0.2) is 0 Å². The van der Waals surface area contributed by atoms with Crippen LogP contribution in [0.5, 0.6) is 5.75 Å². The number of hydrogen-bond donors (Lipinski definition) is 0. The van der Waals surface area contributed by atoms with Crippen LogP contribution < -0.4 is 4.74 Å². The Hall–Kier alpha value is -2.87. The summed E-state index contributed by atoms with van der Waals surface area (Å²) < 4.78 is 15.1. The molecular weight excluding hydrogens is 388 g/mol. The molecule has 0 aliphatic carbocycles. The molecule has 0 N–H and O–H groups in total. The van der Waals surface area contributed by atoms with Crippen LogP contribution in [-0.4, -0.2) is 73.8 Å². The second kappa shape index (κ2) is 10.8. The monoisotopic (exact) mass is 416 g/mol. The molecule has 30 heavy (non-hydrogen) atoms. The van der Waals surface area contributed by atoms with Crippen molar-refractivity contribution < 1.29 is 28.6 Å². The van der Waals surface area contributed by atoms with E-state index >= 15 is 0 Å². The molecule has 2 saturated heterocycles. The Morgan fingerprint density at radius 2 is 1.67 bits per heavy atom. The van der Waals surface area contributed by atoms with Crippen LogP contribution in [0, 0.1) is 0 Å². The summed E-state index contributed by atoms with van der Waals surface area (Å²) >= 11 is 0. The number of nitrogens with zero attached hydrogens (tertiary/aromatic N) is 2. The fourth-order valence-electron chi connectivity index (χ4n) is 3.48. The van der Waals surface area contributed by atoms with Crippen LogP contribution in [0.2, 0.25) is 0 Å². The zero-order valence-corrected chi connectivity index (χ0v) is 17.3. The molecule has 8 heteroatoms. The van der Waals surface area contributed by atoms with Gasteiger partial charge in [-0.2, -0.15) is 0 Å². The maximum atomic E-state index is 12.8. The van der Waals surface area contributed by atoms with Crippen LogP contribution in [0.15, 0.2) is 35.9 Å². The number of hydrogen-bond acceptors (Lipinski definition) is 6. The standard InChI is InChI=1S/C22H28N2O6/c1-2-29-22(27)30-19-6-4-18(5-7-19)21(26)24-11-3-10-23(12-13-24)20(25)16-17-8-14-28-15-9-17/h4-7,16H,2-3,8-15H2,1H3. The van der Waals surface area contributed by atoms with Gasteiger partial charge in [-0.05, 0) is 50.5 Å². The van der Waals surface area contributed by atoms with Crippen molar-refractivity contribution in [3.05, 3.63) is 41.5 Å². The van der Waals surface area contributed by atoms with E-state index in [1.807, 2.05) is 4.90 Å². The Bertz CT molecular complexity index is 781. The number of ether oxygens (including phenoxy) is 3. The number of rotatable bonds is 4. The van der Waals surface area contributed by atoms with E-state index in [2.05, 4.69) is 0 Å². The molecule has 0 atom stereocenters. The summed E-state index contributed by atoms with van der Waals surface area (Å²) in [5.74, 6) is 0.232. The highest BCUT2D eigenvalue weighted by atomic mass is 16.7. The molecule has 0 saturated carbocycles. The Kier molecular flexibility index (Phi) is 7.84. The highest BCUT2D eigenvalue weighted by Crippen LogP contribution is 2.17. The Morgan fingerprint density at radius 3 is 2.37 bits per heavy atom. The molecule has 0 spiro atoms. The summed E-state index contributed by atoms with van der Waals surface area (Å²) in [6.45, 7) is 5.49. The highest BCUT2D eigenvalue weighted by molar-refractivity contribution is 5.94. The van der Waals surface area contributed by atoms with Gasteiger partial charge in [0.05, 0.1) is 19.8 Å². The second-order valence-corrected chi connectivity index (χ2v) is 7.20. The van der Waals surface area contributed by atoms with Crippen molar-refractivity contribution in [3.8, 4) is 5.75 Å². The van der Waals surface area contributed by atoms with E-state index in [-0.39, 0.29) is 18.4 Å². The van der Waals surface area contributed by atoms with Crippen molar-refractivity contribution in [2.24, 2.45) is 0 Å². The van der Waals surface area contributed by atoms with Gasteiger partial charge in [0.1, 0.15) is 5.75 Å². The van der Waals surface area contributed by atoms with Gasteiger partial charge in [0.25, 0.3) is 5.91 Å². The fraction of sp³-hybridized carbons (Fsp3) is 0.500. The third-order valence-corrected chi connectivity index (χ3v) is 5.12. The van der Waals surface area contributed by atoms with Crippen LogP contribution in [0.3, 0.4) is 0 Å². The molecular formula is C22H28N2O6. The summed E-state index contributed by atoms with van der Waals surface area (Å²) in [6.07, 6.45) is 3.31. The molecule has 162 valence electrons. The van der Waals surface area contributed by atoms with Gasteiger partial charge in [0.2, 0.25) is 5.91 Å². The summed E-state index contributed by atoms with van der Waals surface area (Å²) in [7, 11) is 0. The lowest BCUT2D eigenvalue weighted by atomic mass is 10.1. The summed E-state index contributed by atoms with van der Waals surface area (Å²) in [6, 6.07) is 6.39.